The second kappa shape index (κ2) is 9.59. The van der Waals surface area contributed by atoms with Crippen LogP contribution in [-0.2, 0) is 0 Å². The smallest absolute Gasteiger partial charge is 0.269 e. The molecule has 2 heterocycles. The Morgan fingerprint density at radius 3 is 2.49 bits per heavy atom. The molecular formula is C24H22N8O3. The molecule has 11 heteroatoms. The van der Waals surface area contributed by atoms with Crippen molar-refractivity contribution in [2.45, 2.75) is 12.8 Å². The standard InChI is InChI=1S/C24H22N8O3/c33-21-12-7-16-5-1-2-6-19(16)20(21)15-25-30-23-27-22(28-24(29-23)31-13-3-4-14-31)26-17-8-10-18(11-9-17)32(34)35/h1-2,5-12,15,33H,3-4,13-14H2,(H2,26,27,28,29,30)/b25-15-. The van der Waals surface area contributed by atoms with Crippen molar-refractivity contribution in [3.8, 4) is 5.75 Å². The van der Waals surface area contributed by atoms with Gasteiger partial charge in [0.15, 0.2) is 0 Å². The summed E-state index contributed by atoms with van der Waals surface area (Å²) in [6, 6.07) is 17.2. The van der Waals surface area contributed by atoms with Crippen molar-refractivity contribution < 1.29 is 10.0 Å². The number of phenols is 1. The molecule has 0 saturated carbocycles. The fourth-order valence-electron chi connectivity index (χ4n) is 3.90. The number of nitro benzene ring substituents is 1. The SMILES string of the molecule is O=[N+]([O-])c1ccc(Nc2nc(N/N=C\c3c(O)ccc4ccccc34)nc(N3CCCC3)n2)cc1. The van der Waals surface area contributed by atoms with Crippen LogP contribution in [0.1, 0.15) is 18.4 Å². The van der Waals surface area contributed by atoms with Gasteiger partial charge < -0.3 is 15.3 Å². The van der Waals surface area contributed by atoms with E-state index in [1.165, 1.54) is 18.3 Å². The number of nitrogens with zero attached hydrogens (tertiary/aromatic N) is 6. The quantitative estimate of drug-likeness (QED) is 0.203. The Hall–Kier alpha value is -4.80. The summed E-state index contributed by atoms with van der Waals surface area (Å²) in [5, 5.41) is 30.4. The first-order valence-electron chi connectivity index (χ1n) is 11.1. The van der Waals surface area contributed by atoms with Gasteiger partial charge in [-0.2, -0.15) is 20.1 Å². The number of phenolic OH excluding ortho intramolecular Hbond substituents is 1. The van der Waals surface area contributed by atoms with E-state index in [0.717, 1.165) is 36.7 Å². The van der Waals surface area contributed by atoms with Crippen molar-refractivity contribution in [3.63, 3.8) is 0 Å². The third-order valence-corrected chi connectivity index (χ3v) is 5.65. The summed E-state index contributed by atoms with van der Waals surface area (Å²) in [5.74, 6) is 1.12. The summed E-state index contributed by atoms with van der Waals surface area (Å²) >= 11 is 0. The van der Waals surface area contributed by atoms with Gasteiger partial charge in [-0.1, -0.05) is 30.3 Å². The maximum Gasteiger partial charge on any atom is 0.269 e. The molecule has 0 aliphatic carbocycles. The number of hydrogen-bond donors (Lipinski definition) is 3. The summed E-state index contributed by atoms with van der Waals surface area (Å²) in [6.07, 6.45) is 3.64. The second-order valence-corrected chi connectivity index (χ2v) is 8.00. The minimum absolute atomic E-state index is 0.00247. The molecule has 1 aromatic heterocycles. The number of non-ortho nitro benzene ring substituents is 1. The van der Waals surface area contributed by atoms with Crippen molar-refractivity contribution in [2.75, 3.05) is 28.7 Å². The molecule has 11 nitrogen and oxygen atoms in total. The number of hydrogen-bond acceptors (Lipinski definition) is 10. The Kier molecular flexibility index (Phi) is 6.03. The average molecular weight is 470 g/mol. The van der Waals surface area contributed by atoms with Gasteiger partial charge in [-0.15, -0.1) is 0 Å². The number of anilines is 4. The van der Waals surface area contributed by atoms with E-state index in [1.54, 1.807) is 18.2 Å². The number of hydrazone groups is 1. The van der Waals surface area contributed by atoms with Crippen molar-refractivity contribution in [3.05, 3.63) is 76.3 Å². The number of rotatable bonds is 7. The van der Waals surface area contributed by atoms with Gasteiger partial charge in [-0.3, -0.25) is 10.1 Å². The predicted molar refractivity (Wildman–Crippen MR) is 134 cm³/mol. The number of nitrogens with one attached hydrogen (secondary N) is 2. The molecule has 3 aromatic carbocycles. The Morgan fingerprint density at radius 2 is 1.71 bits per heavy atom. The van der Waals surface area contributed by atoms with Gasteiger partial charge in [-0.05, 0) is 41.8 Å². The van der Waals surface area contributed by atoms with E-state index in [9.17, 15) is 15.2 Å². The van der Waals surface area contributed by atoms with E-state index < -0.39 is 4.92 Å². The lowest BCUT2D eigenvalue weighted by molar-refractivity contribution is -0.384. The third-order valence-electron chi connectivity index (χ3n) is 5.65. The van der Waals surface area contributed by atoms with Crippen LogP contribution in [0.3, 0.4) is 0 Å². The first kappa shape index (κ1) is 22.0. The van der Waals surface area contributed by atoms with Crippen LogP contribution in [0.4, 0.5) is 29.2 Å². The Morgan fingerprint density at radius 1 is 0.971 bits per heavy atom. The van der Waals surface area contributed by atoms with Gasteiger partial charge in [0.1, 0.15) is 5.75 Å². The highest BCUT2D eigenvalue weighted by Gasteiger charge is 2.18. The fourth-order valence-corrected chi connectivity index (χ4v) is 3.90. The predicted octanol–water partition coefficient (Wildman–Crippen LogP) is 4.43. The summed E-state index contributed by atoms with van der Waals surface area (Å²) < 4.78 is 0. The van der Waals surface area contributed by atoms with E-state index >= 15 is 0 Å². The molecule has 3 N–H and O–H groups in total. The minimum atomic E-state index is -0.452. The lowest BCUT2D eigenvalue weighted by Crippen LogP contribution is -2.21. The lowest BCUT2D eigenvalue weighted by Gasteiger charge is -2.16. The van der Waals surface area contributed by atoms with E-state index in [2.05, 4.69) is 35.7 Å². The van der Waals surface area contributed by atoms with Crippen LogP contribution in [-0.4, -0.2) is 44.3 Å². The van der Waals surface area contributed by atoms with Crippen molar-refractivity contribution in [2.24, 2.45) is 5.10 Å². The molecular weight excluding hydrogens is 448 g/mol. The minimum Gasteiger partial charge on any atom is -0.507 e. The van der Waals surface area contributed by atoms with E-state index in [1.807, 2.05) is 30.3 Å². The molecule has 4 aromatic rings. The highest BCUT2D eigenvalue weighted by Crippen LogP contribution is 2.26. The maximum absolute atomic E-state index is 10.9. The molecule has 35 heavy (non-hydrogen) atoms. The second-order valence-electron chi connectivity index (χ2n) is 8.00. The number of fused-ring (bicyclic) bond motifs is 1. The number of aromatic hydroxyl groups is 1. The van der Waals surface area contributed by atoms with Crippen molar-refractivity contribution in [1.82, 2.24) is 15.0 Å². The van der Waals surface area contributed by atoms with Gasteiger partial charge in [0, 0.05) is 36.5 Å². The van der Waals surface area contributed by atoms with E-state index in [0.29, 0.717) is 17.2 Å². The lowest BCUT2D eigenvalue weighted by atomic mass is 10.0. The molecule has 0 spiro atoms. The average Bonchev–Trinajstić information content (AvgIpc) is 3.41. The summed E-state index contributed by atoms with van der Waals surface area (Å²) in [6.45, 7) is 1.68. The molecule has 0 bridgehead atoms. The van der Waals surface area contributed by atoms with Gasteiger partial charge in [0.25, 0.3) is 5.69 Å². The number of aromatic nitrogens is 3. The topological polar surface area (TPSA) is 142 Å². The normalized spacial score (nSPS) is 13.4. The zero-order valence-corrected chi connectivity index (χ0v) is 18.6. The van der Waals surface area contributed by atoms with Gasteiger partial charge in [0.05, 0.1) is 11.1 Å². The highest BCUT2D eigenvalue weighted by molar-refractivity contribution is 6.02. The van der Waals surface area contributed by atoms with Crippen molar-refractivity contribution in [1.29, 1.82) is 0 Å². The molecule has 176 valence electrons. The van der Waals surface area contributed by atoms with E-state index in [4.69, 9.17) is 0 Å². The van der Waals surface area contributed by atoms with Gasteiger partial charge >= 0.3 is 0 Å². The maximum atomic E-state index is 10.9. The number of nitro groups is 1. The fraction of sp³-hybridized carbons (Fsp3) is 0.167. The first-order valence-corrected chi connectivity index (χ1v) is 11.1. The molecule has 0 atom stereocenters. The first-order chi connectivity index (χ1) is 17.1. The molecule has 5 rings (SSSR count). The van der Waals surface area contributed by atoms with Gasteiger partial charge in [0.2, 0.25) is 17.8 Å². The van der Waals surface area contributed by atoms with Crippen LogP contribution in [0.15, 0.2) is 65.8 Å². The molecule has 0 amide bonds. The third kappa shape index (κ3) is 4.93. The van der Waals surface area contributed by atoms with Crippen LogP contribution in [0, 0.1) is 10.1 Å². The Labute approximate surface area is 200 Å². The van der Waals surface area contributed by atoms with Crippen LogP contribution in [0.5, 0.6) is 5.75 Å². The van der Waals surface area contributed by atoms with E-state index in [-0.39, 0.29) is 23.3 Å². The monoisotopic (exact) mass is 470 g/mol. The largest absolute Gasteiger partial charge is 0.507 e. The van der Waals surface area contributed by atoms with Crippen LogP contribution >= 0.6 is 0 Å². The highest BCUT2D eigenvalue weighted by atomic mass is 16.6. The molecule has 1 fully saturated rings. The van der Waals surface area contributed by atoms with Gasteiger partial charge in [-0.25, -0.2) is 5.43 Å². The van der Waals surface area contributed by atoms with Crippen molar-refractivity contribution >= 4 is 46.2 Å². The number of benzene rings is 3. The molecule has 0 radical (unpaired) electrons. The summed E-state index contributed by atoms with van der Waals surface area (Å²) in [7, 11) is 0. The molecule has 0 unspecified atom stereocenters. The molecule has 1 aliphatic rings. The van der Waals surface area contributed by atoms with Crippen LogP contribution in [0.25, 0.3) is 10.8 Å². The molecule has 1 saturated heterocycles. The van der Waals surface area contributed by atoms with Crippen LogP contribution in [0.2, 0.25) is 0 Å². The summed E-state index contributed by atoms with van der Waals surface area (Å²) in [4.78, 5) is 25.9. The Balaban J connectivity index is 1.41. The zero-order valence-electron chi connectivity index (χ0n) is 18.6. The van der Waals surface area contributed by atoms with Crippen LogP contribution < -0.4 is 15.6 Å². The molecule has 1 aliphatic heterocycles. The Bertz CT molecular complexity index is 1400. The zero-order chi connectivity index (χ0) is 24.2. The summed E-state index contributed by atoms with van der Waals surface area (Å²) in [5.41, 5.74) is 4.02.